The number of benzene rings is 1. The number of hydrogen-bond acceptors (Lipinski definition) is 3. The highest BCUT2D eigenvalue weighted by Crippen LogP contribution is 2.54. The van der Waals surface area contributed by atoms with Crippen molar-refractivity contribution in [2.24, 2.45) is 10.8 Å². The summed E-state index contributed by atoms with van der Waals surface area (Å²) in [5.74, 6) is -1.81. The molecular formula is C22H28N2O4. The molecule has 0 spiro atoms. The van der Waals surface area contributed by atoms with Crippen LogP contribution in [0.5, 0.6) is 0 Å². The molecule has 2 heterocycles. The molecule has 6 nitrogen and oxygen atoms in total. The van der Waals surface area contributed by atoms with Crippen molar-refractivity contribution in [2.75, 3.05) is 6.54 Å². The molecule has 150 valence electrons. The van der Waals surface area contributed by atoms with Crippen LogP contribution < -0.4 is 0 Å². The number of aromatic nitrogens is 1. The first kappa shape index (κ1) is 19.0. The molecule has 2 bridgehead atoms. The normalized spacial score (nSPS) is 27.8. The molecule has 1 aliphatic heterocycles. The molecule has 3 unspecified atom stereocenters. The summed E-state index contributed by atoms with van der Waals surface area (Å²) in [6.45, 7) is 7.40. The smallest absolute Gasteiger partial charge is 0.325 e. The second-order valence-electron chi connectivity index (χ2n) is 9.75. The second-order valence-corrected chi connectivity index (χ2v) is 9.75. The number of likely N-dealkylation sites (tertiary alicyclic amines) is 1. The van der Waals surface area contributed by atoms with E-state index in [0.29, 0.717) is 5.56 Å². The molecule has 0 amide bonds. The third kappa shape index (κ3) is 3.20. The average molecular weight is 384 g/mol. The minimum Gasteiger partial charge on any atom is -0.480 e. The monoisotopic (exact) mass is 384 g/mol. The summed E-state index contributed by atoms with van der Waals surface area (Å²) in [4.78, 5) is 25.9. The lowest BCUT2D eigenvalue weighted by molar-refractivity contribution is -0.144. The topological polar surface area (TPSA) is 82.8 Å². The summed E-state index contributed by atoms with van der Waals surface area (Å²) in [5, 5.41) is 20.3. The van der Waals surface area contributed by atoms with Gasteiger partial charge in [-0.25, -0.2) is 0 Å². The SMILES string of the molecule is CC1(C)CC2CC(C)(CN2C(C(=O)O)c2cn(CC(=O)O)c3ccccc23)C1. The van der Waals surface area contributed by atoms with Crippen LogP contribution in [0.15, 0.2) is 30.5 Å². The van der Waals surface area contributed by atoms with Crippen LogP contribution >= 0.6 is 0 Å². The minimum absolute atomic E-state index is 0.125. The van der Waals surface area contributed by atoms with Crippen LogP contribution in [0.2, 0.25) is 0 Å². The summed E-state index contributed by atoms with van der Waals surface area (Å²) in [6, 6.07) is 6.95. The Morgan fingerprint density at radius 3 is 2.57 bits per heavy atom. The molecule has 3 atom stereocenters. The Hall–Kier alpha value is -2.34. The van der Waals surface area contributed by atoms with Gasteiger partial charge in [0, 0.05) is 35.2 Å². The third-order valence-corrected chi connectivity index (χ3v) is 6.44. The quantitative estimate of drug-likeness (QED) is 0.820. The number of para-hydroxylation sites is 1. The van der Waals surface area contributed by atoms with E-state index in [0.717, 1.165) is 36.7 Å². The van der Waals surface area contributed by atoms with Gasteiger partial charge in [0.2, 0.25) is 0 Å². The van der Waals surface area contributed by atoms with Crippen molar-refractivity contribution in [1.82, 2.24) is 9.47 Å². The molecular weight excluding hydrogens is 356 g/mol. The van der Waals surface area contributed by atoms with Gasteiger partial charge in [-0.05, 0) is 36.2 Å². The standard InChI is InChI=1S/C22H28N2O4/c1-21(2)8-14-9-22(3,12-21)13-24(14)19(20(27)28)16-10-23(11-18(25)26)17-7-5-4-6-15(16)17/h4-7,10,14,19H,8-9,11-13H2,1-3H3,(H,25,26)(H,27,28). The number of nitrogens with zero attached hydrogens (tertiary/aromatic N) is 2. The fraction of sp³-hybridized carbons (Fsp3) is 0.545. The molecule has 1 aromatic carbocycles. The Balaban J connectivity index is 1.80. The van der Waals surface area contributed by atoms with Gasteiger partial charge < -0.3 is 14.8 Å². The van der Waals surface area contributed by atoms with Gasteiger partial charge in [-0.15, -0.1) is 0 Å². The molecule has 2 fully saturated rings. The zero-order valence-corrected chi connectivity index (χ0v) is 16.7. The van der Waals surface area contributed by atoms with E-state index in [1.807, 2.05) is 24.3 Å². The van der Waals surface area contributed by atoms with Crippen LogP contribution in [0.3, 0.4) is 0 Å². The van der Waals surface area contributed by atoms with E-state index in [2.05, 4.69) is 25.7 Å². The fourth-order valence-electron chi connectivity index (χ4n) is 6.03. The zero-order valence-electron chi connectivity index (χ0n) is 16.7. The van der Waals surface area contributed by atoms with Gasteiger partial charge in [-0.2, -0.15) is 0 Å². The van der Waals surface area contributed by atoms with Gasteiger partial charge in [-0.3, -0.25) is 14.5 Å². The molecule has 28 heavy (non-hydrogen) atoms. The third-order valence-electron chi connectivity index (χ3n) is 6.44. The summed E-state index contributed by atoms with van der Waals surface area (Å²) < 4.78 is 1.65. The fourth-order valence-corrected chi connectivity index (χ4v) is 6.03. The Kier molecular flexibility index (Phi) is 4.30. The van der Waals surface area contributed by atoms with Crippen LogP contribution in [0.1, 0.15) is 51.6 Å². The number of carboxylic acid groups (broad SMARTS) is 2. The van der Waals surface area contributed by atoms with Gasteiger partial charge in [0.15, 0.2) is 0 Å². The van der Waals surface area contributed by atoms with Gasteiger partial charge >= 0.3 is 11.9 Å². The number of rotatable bonds is 5. The Bertz CT molecular complexity index is 947. The summed E-state index contributed by atoms with van der Waals surface area (Å²) in [7, 11) is 0. The molecule has 4 rings (SSSR count). The molecule has 1 saturated carbocycles. The number of aliphatic carboxylic acids is 2. The molecule has 2 aliphatic rings. The highest BCUT2D eigenvalue weighted by atomic mass is 16.4. The molecule has 6 heteroatoms. The molecule has 0 radical (unpaired) electrons. The first-order valence-electron chi connectivity index (χ1n) is 9.87. The van der Waals surface area contributed by atoms with Gasteiger partial charge in [-0.1, -0.05) is 39.0 Å². The maximum absolute atomic E-state index is 12.4. The summed E-state index contributed by atoms with van der Waals surface area (Å²) in [5.41, 5.74) is 1.78. The van der Waals surface area contributed by atoms with Crippen LogP contribution in [0, 0.1) is 10.8 Å². The average Bonchev–Trinajstić information content (AvgIpc) is 3.02. The Morgan fingerprint density at radius 2 is 1.89 bits per heavy atom. The highest BCUT2D eigenvalue weighted by Gasteiger charge is 2.52. The van der Waals surface area contributed by atoms with E-state index in [1.54, 1.807) is 10.8 Å². The van der Waals surface area contributed by atoms with Crippen molar-refractivity contribution >= 4 is 22.8 Å². The Morgan fingerprint density at radius 1 is 1.18 bits per heavy atom. The first-order valence-corrected chi connectivity index (χ1v) is 9.87. The lowest BCUT2D eigenvalue weighted by atomic mass is 9.65. The highest BCUT2D eigenvalue weighted by molar-refractivity contribution is 5.90. The molecule has 2 aromatic rings. The van der Waals surface area contributed by atoms with Crippen LogP contribution in [-0.4, -0.2) is 44.2 Å². The summed E-state index contributed by atoms with van der Waals surface area (Å²) >= 11 is 0. The number of carbonyl (C=O) groups is 2. The van der Waals surface area contributed by atoms with E-state index < -0.39 is 18.0 Å². The van der Waals surface area contributed by atoms with E-state index in [4.69, 9.17) is 0 Å². The number of carboxylic acids is 2. The van der Waals surface area contributed by atoms with Crippen molar-refractivity contribution in [3.05, 3.63) is 36.0 Å². The van der Waals surface area contributed by atoms with E-state index in [9.17, 15) is 19.8 Å². The predicted molar refractivity (Wildman–Crippen MR) is 106 cm³/mol. The van der Waals surface area contributed by atoms with Crippen LogP contribution in [0.25, 0.3) is 10.9 Å². The van der Waals surface area contributed by atoms with E-state index in [-0.39, 0.29) is 23.4 Å². The van der Waals surface area contributed by atoms with Crippen LogP contribution in [-0.2, 0) is 16.1 Å². The Labute approximate surface area is 164 Å². The van der Waals surface area contributed by atoms with Crippen molar-refractivity contribution in [3.8, 4) is 0 Å². The van der Waals surface area contributed by atoms with Crippen molar-refractivity contribution < 1.29 is 19.8 Å². The van der Waals surface area contributed by atoms with Crippen molar-refractivity contribution in [1.29, 1.82) is 0 Å². The number of hydrogen-bond donors (Lipinski definition) is 2. The van der Waals surface area contributed by atoms with E-state index >= 15 is 0 Å². The maximum atomic E-state index is 12.4. The largest absolute Gasteiger partial charge is 0.480 e. The predicted octanol–water partition coefficient (Wildman–Crippen LogP) is 3.75. The number of fused-ring (bicyclic) bond motifs is 3. The lowest BCUT2D eigenvalue weighted by Gasteiger charge is -2.40. The van der Waals surface area contributed by atoms with Gasteiger partial charge in [0.1, 0.15) is 12.6 Å². The second kappa shape index (κ2) is 6.34. The zero-order chi connectivity index (χ0) is 20.3. The minimum atomic E-state index is -0.939. The van der Waals surface area contributed by atoms with Crippen LogP contribution in [0.4, 0.5) is 0 Å². The van der Waals surface area contributed by atoms with Gasteiger partial charge in [0.05, 0.1) is 0 Å². The van der Waals surface area contributed by atoms with Crippen molar-refractivity contribution in [2.45, 2.75) is 58.7 Å². The first-order chi connectivity index (χ1) is 13.1. The molecule has 1 aromatic heterocycles. The lowest BCUT2D eigenvalue weighted by Crippen LogP contribution is -2.39. The summed E-state index contributed by atoms with van der Waals surface area (Å²) in [6.07, 6.45) is 4.83. The van der Waals surface area contributed by atoms with Crippen molar-refractivity contribution in [3.63, 3.8) is 0 Å². The van der Waals surface area contributed by atoms with Gasteiger partial charge in [0.25, 0.3) is 0 Å². The van der Waals surface area contributed by atoms with E-state index in [1.165, 1.54) is 0 Å². The molecule has 2 N–H and O–H groups in total. The maximum Gasteiger partial charge on any atom is 0.325 e. The molecule has 1 aliphatic carbocycles. The molecule has 1 saturated heterocycles.